The van der Waals surface area contributed by atoms with Crippen LogP contribution in [-0.2, 0) is 4.74 Å². The summed E-state index contributed by atoms with van der Waals surface area (Å²) in [5, 5.41) is 6.95. The molecule has 2 saturated heterocycles. The van der Waals surface area contributed by atoms with Crippen LogP contribution in [0.3, 0.4) is 0 Å². The lowest BCUT2D eigenvalue weighted by molar-refractivity contribution is 0.0122. The van der Waals surface area contributed by atoms with Gasteiger partial charge >= 0.3 is 6.09 Å². The summed E-state index contributed by atoms with van der Waals surface area (Å²) in [6.07, 6.45) is 1.69. The first-order valence-electron chi connectivity index (χ1n) is 10.00. The summed E-state index contributed by atoms with van der Waals surface area (Å²) in [5.74, 6) is 1.55. The second-order valence-electron chi connectivity index (χ2n) is 8.82. The average molecular weight is 400 g/mol. The highest BCUT2D eigenvalue weighted by Gasteiger charge is 2.45. The van der Waals surface area contributed by atoms with Gasteiger partial charge in [-0.25, -0.2) is 9.78 Å². The van der Waals surface area contributed by atoms with Crippen LogP contribution >= 0.6 is 0 Å². The van der Waals surface area contributed by atoms with Crippen molar-refractivity contribution in [3.8, 4) is 11.8 Å². The average Bonchev–Trinajstić information content (AvgIpc) is 3.13. The van der Waals surface area contributed by atoms with Crippen molar-refractivity contribution in [2.24, 2.45) is 0 Å². The third kappa shape index (κ3) is 4.28. The number of H-pyrrole nitrogens is 1. The number of nitrogens with zero attached hydrogens (tertiary/aromatic N) is 5. The summed E-state index contributed by atoms with van der Waals surface area (Å²) in [4.78, 5) is 25.9. The molecule has 0 saturated carbocycles. The molecule has 29 heavy (non-hydrogen) atoms. The first-order chi connectivity index (χ1) is 13.7. The molecule has 2 fully saturated rings. The van der Waals surface area contributed by atoms with Gasteiger partial charge in [0.2, 0.25) is 17.7 Å². The lowest BCUT2D eigenvalue weighted by Gasteiger charge is -2.41. The molecule has 4 rings (SSSR count). The van der Waals surface area contributed by atoms with Crippen molar-refractivity contribution in [1.29, 1.82) is 0 Å². The maximum absolute atomic E-state index is 12.7. The standard InChI is InChI=1S/C20H28N6O3/c1-12-8-16(28-17-9-13(2)23-24-17)22-18(21-12)25-10-14-6-7-15(11-25)26(14)19(27)29-20(3,4)5/h8-9,14-15H,6-7,10-11H2,1-5H3,(H,23,24)/t14-,15+. The Bertz CT molecular complexity index is 892. The number of carbonyl (C=O) groups is 1. The Morgan fingerprint density at radius 2 is 1.79 bits per heavy atom. The first-order valence-corrected chi connectivity index (χ1v) is 10.00. The Labute approximate surface area is 170 Å². The summed E-state index contributed by atoms with van der Waals surface area (Å²) >= 11 is 0. The number of aryl methyl sites for hydroxylation is 2. The Morgan fingerprint density at radius 1 is 1.10 bits per heavy atom. The molecule has 1 N–H and O–H groups in total. The van der Waals surface area contributed by atoms with Gasteiger partial charge in [-0.3, -0.25) is 10.00 Å². The van der Waals surface area contributed by atoms with E-state index in [1.54, 1.807) is 6.07 Å². The Morgan fingerprint density at radius 3 is 2.38 bits per heavy atom. The van der Waals surface area contributed by atoms with Crippen LogP contribution in [0.25, 0.3) is 0 Å². The molecule has 1 amide bonds. The SMILES string of the molecule is Cc1cc(Oc2cc(C)[nH]n2)nc(N2C[C@H]3CC[C@@H](C2)N3C(=O)OC(C)(C)C)n1. The van der Waals surface area contributed by atoms with Crippen LogP contribution in [0.2, 0.25) is 0 Å². The zero-order valence-corrected chi connectivity index (χ0v) is 17.6. The number of nitrogens with one attached hydrogen (secondary N) is 1. The molecule has 2 aliphatic heterocycles. The number of rotatable bonds is 3. The van der Waals surface area contributed by atoms with E-state index < -0.39 is 5.60 Å². The highest BCUT2D eigenvalue weighted by atomic mass is 16.6. The van der Waals surface area contributed by atoms with E-state index in [1.807, 2.05) is 45.6 Å². The van der Waals surface area contributed by atoms with E-state index in [-0.39, 0.29) is 18.2 Å². The topological polar surface area (TPSA) is 96.5 Å². The minimum Gasteiger partial charge on any atom is -0.444 e. The van der Waals surface area contributed by atoms with Crippen molar-refractivity contribution < 1.29 is 14.3 Å². The van der Waals surface area contributed by atoms with Crippen LogP contribution < -0.4 is 9.64 Å². The predicted molar refractivity (Wildman–Crippen MR) is 107 cm³/mol. The molecule has 0 radical (unpaired) electrons. The number of aromatic nitrogens is 4. The van der Waals surface area contributed by atoms with Gasteiger partial charge < -0.3 is 14.4 Å². The van der Waals surface area contributed by atoms with Crippen LogP contribution in [0.1, 0.15) is 45.0 Å². The van der Waals surface area contributed by atoms with Crippen molar-refractivity contribution in [2.75, 3.05) is 18.0 Å². The van der Waals surface area contributed by atoms with Crippen molar-refractivity contribution in [3.05, 3.63) is 23.5 Å². The minimum absolute atomic E-state index is 0.103. The zero-order chi connectivity index (χ0) is 20.8. The number of aromatic amines is 1. The predicted octanol–water partition coefficient (Wildman–Crippen LogP) is 3.20. The van der Waals surface area contributed by atoms with Crippen LogP contribution in [0, 0.1) is 13.8 Å². The number of ether oxygens (including phenoxy) is 2. The zero-order valence-electron chi connectivity index (χ0n) is 17.6. The first kappa shape index (κ1) is 19.5. The number of fused-ring (bicyclic) bond motifs is 2. The molecular weight excluding hydrogens is 372 g/mol. The highest BCUT2D eigenvalue weighted by molar-refractivity contribution is 5.70. The molecule has 2 atom stereocenters. The van der Waals surface area contributed by atoms with Gasteiger partial charge in [-0.15, -0.1) is 5.10 Å². The number of piperazine rings is 1. The molecular formula is C20H28N6O3. The molecule has 0 aromatic carbocycles. The molecule has 9 nitrogen and oxygen atoms in total. The van der Waals surface area contributed by atoms with Gasteiger partial charge in [0.25, 0.3) is 0 Å². The molecule has 156 valence electrons. The van der Waals surface area contributed by atoms with Gasteiger partial charge in [-0.1, -0.05) is 0 Å². The Balaban J connectivity index is 1.50. The van der Waals surface area contributed by atoms with Crippen LogP contribution in [0.5, 0.6) is 11.8 Å². The van der Waals surface area contributed by atoms with Gasteiger partial charge in [0, 0.05) is 36.6 Å². The summed E-state index contributed by atoms with van der Waals surface area (Å²) in [5.41, 5.74) is 1.24. The maximum atomic E-state index is 12.7. The molecule has 0 aliphatic carbocycles. The molecule has 4 heterocycles. The summed E-state index contributed by atoms with van der Waals surface area (Å²) in [6.45, 7) is 10.9. The molecule has 2 aromatic rings. The fourth-order valence-electron chi connectivity index (χ4n) is 3.95. The van der Waals surface area contributed by atoms with E-state index in [4.69, 9.17) is 9.47 Å². The second-order valence-corrected chi connectivity index (χ2v) is 8.82. The number of anilines is 1. The molecule has 0 unspecified atom stereocenters. The van der Waals surface area contributed by atoms with Gasteiger partial charge in [0.1, 0.15) is 5.60 Å². The van der Waals surface area contributed by atoms with Crippen LogP contribution in [0.4, 0.5) is 10.7 Å². The minimum atomic E-state index is -0.496. The number of hydrogen-bond donors (Lipinski definition) is 1. The fourth-order valence-corrected chi connectivity index (χ4v) is 3.95. The monoisotopic (exact) mass is 400 g/mol. The molecule has 2 aliphatic rings. The van der Waals surface area contributed by atoms with E-state index in [0.717, 1.165) is 24.2 Å². The lowest BCUT2D eigenvalue weighted by Crippen LogP contribution is -2.57. The third-order valence-corrected chi connectivity index (χ3v) is 5.08. The van der Waals surface area contributed by atoms with E-state index in [2.05, 4.69) is 25.1 Å². The molecule has 9 heteroatoms. The largest absolute Gasteiger partial charge is 0.444 e. The smallest absolute Gasteiger partial charge is 0.410 e. The number of amides is 1. The van der Waals surface area contributed by atoms with Crippen LogP contribution in [0.15, 0.2) is 12.1 Å². The fraction of sp³-hybridized carbons (Fsp3) is 0.600. The van der Waals surface area contributed by atoms with Gasteiger partial charge in [0.15, 0.2) is 0 Å². The van der Waals surface area contributed by atoms with Crippen molar-refractivity contribution in [3.63, 3.8) is 0 Å². The van der Waals surface area contributed by atoms with Crippen molar-refractivity contribution in [2.45, 2.75) is 65.1 Å². The second kappa shape index (κ2) is 7.20. The van der Waals surface area contributed by atoms with Crippen molar-refractivity contribution >= 4 is 12.0 Å². The van der Waals surface area contributed by atoms with E-state index in [1.165, 1.54) is 0 Å². The van der Waals surface area contributed by atoms with Gasteiger partial charge in [-0.05, 0) is 47.5 Å². The highest BCUT2D eigenvalue weighted by Crippen LogP contribution is 2.33. The number of hydrogen-bond acceptors (Lipinski definition) is 7. The van der Waals surface area contributed by atoms with Gasteiger partial charge in [0.05, 0.1) is 12.1 Å². The summed E-state index contributed by atoms with van der Waals surface area (Å²) < 4.78 is 11.4. The molecule has 2 bridgehead atoms. The van der Waals surface area contributed by atoms with Gasteiger partial charge in [-0.2, -0.15) is 4.98 Å². The van der Waals surface area contributed by atoms with E-state index in [9.17, 15) is 4.79 Å². The quantitative estimate of drug-likeness (QED) is 0.845. The third-order valence-electron chi connectivity index (χ3n) is 5.08. The van der Waals surface area contributed by atoms with Crippen LogP contribution in [-0.4, -0.2) is 61.9 Å². The van der Waals surface area contributed by atoms with Crippen molar-refractivity contribution in [1.82, 2.24) is 25.1 Å². The maximum Gasteiger partial charge on any atom is 0.410 e. The van der Waals surface area contributed by atoms with E-state index in [0.29, 0.717) is 30.8 Å². The lowest BCUT2D eigenvalue weighted by atomic mass is 10.2. The molecule has 2 aromatic heterocycles. The summed E-state index contributed by atoms with van der Waals surface area (Å²) in [6, 6.07) is 3.81. The Hall–Kier alpha value is -2.84. The van der Waals surface area contributed by atoms with E-state index >= 15 is 0 Å². The number of carbonyl (C=O) groups excluding carboxylic acids is 1. The summed E-state index contributed by atoms with van der Waals surface area (Å²) in [7, 11) is 0. The Kier molecular flexibility index (Phi) is 4.84. The normalized spacial score (nSPS) is 21.4. The molecule has 0 spiro atoms.